The molecule has 2 aliphatic rings. The number of fused-ring (bicyclic) bond motifs is 1. The number of piperidine rings is 1. The Morgan fingerprint density at radius 2 is 1.28 bits per heavy atom. The van der Waals surface area contributed by atoms with Crippen LogP contribution in [0.5, 0.6) is 0 Å². The average molecular weight is 814 g/mol. The van der Waals surface area contributed by atoms with Crippen molar-refractivity contribution in [3.63, 3.8) is 0 Å². The number of hydrogen-bond donors (Lipinski definition) is 4. The number of aromatic nitrogens is 5. The van der Waals surface area contributed by atoms with Crippen LogP contribution in [0, 0.1) is 0 Å². The summed E-state index contributed by atoms with van der Waals surface area (Å²) in [5, 5.41) is 3.70. The zero-order valence-corrected chi connectivity index (χ0v) is 33.8. The molecule has 0 saturated carbocycles. The molecule has 61 heavy (non-hydrogen) atoms. The molecule has 0 aliphatic carbocycles. The number of imidazole rings is 2. The van der Waals surface area contributed by atoms with Gasteiger partial charge >= 0.3 is 6.09 Å². The Hall–Kier alpha value is -7.12. The Labute approximate surface area is 353 Å². The number of carbonyl (C=O) groups is 3. The standard InChI is InChI=1S/C48H47N9O4/c1-61-48(60)55-43(33-13-6-3-7-14-33)47(59)57-26-10-16-41(57)45-51-29-39(54-45)35-22-24-37-34(27-35)21-23-36(52-37)30-17-19-31(20-18-30)38-28-50-44(53-38)40-15-8-9-25-56(40)46(58)42(49)32-11-4-2-5-12-32/h2-7,11-14,17-24,27-29,40-43H,8-10,15-16,25-26,49H2,1H3,(H,50,53)(H,51,54)(H,55,60)/t40-,41-,42?,43+/m0/s1. The molecule has 4 aromatic carbocycles. The number of ether oxygens (including phenoxy) is 1. The van der Waals surface area contributed by atoms with Gasteiger partial charge in [0.25, 0.3) is 5.91 Å². The molecule has 2 fully saturated rings. The molecule has 1 unspecified atom stereocenters. The molecule has 9 rings (SSSR count). The SMILES string of the molecule is COC(=O)N[C@@H](C(=O)N1CCC[C@H]1c1ncc(-c2ccc3nc(-c4ccc(-c5cnc([C@@H]6CCCCN6C(=O)C(N)c6ccccc6)[nH]5)cc4)ccc3c2)[nH]1)c1ccccc1. The second kappa shape index (κ2) is 17.2. The monoisotopic (exact) mass is 813 g/mol. The van der Waals surface area contributed by atoms with Crippen LogP contribution in [0.4, 0.5) is 4.79 Å². The summed E-state index contributed by atoms with van der Waals surface area (Å²) >= 11 is 0. The van der Waals surface area contributed by atoms with Gasteiger partial charge in [-0.05, 0) is 67.0 Å². The Bertz CT molecular complexity index is 2660. The minimum absolute atomic E-state index is 0.0839. The highest BCUT2D eigenvalue weighted by atomic mass is 16.5. The summed E-state index contributed by atoms with van der Waals surface area (Å²) in [4.78, 5) is 64.9. The number of rotatable bonds is 10. The quantitative estimate of drug-likeness (QED) is 0.107. The van der Waals surface area contributed by atoms with E-state index in [1.54, 1.807) is 11.1 Å². The fourth-order valence-corrected chi connectivity index (χ4v) is 8.63. The van der Waals surface area contributed by atoms with E-state index in [4.69, 9.17) is 25.4 Å². The molecule has 0 bridgehead atoms. The van der Waals surface area contributed by atoms with Crippen LogP contribution in [0.1, 0.15) is 79.0 Å². The van der Waals surface area contributed by atoms with E-state index in [0.29, 0.717) is 24.5 Å². The number of hydrogen-bond acceptors (Lipinski definition) is 8. The lowest BCUT2D eigenvalue weighted by Crippen LogP contribution is -2.43. The van der Waals surface area contributed by atoms with Crippen LogP contribution in [-0.2, 0) is 14.3 Å². The highest BCUT2D eigenvalue weighted by Crippen LogP contribution is 2.36. The Morgan fingerprint density at radius 1 is 0.689 bits per heavy atom. The van der Waals surface area contributed by atoms with Crippen LogP contribution in [-0.4, -0.2) is 72.8 Å². The van der Waals surface area contributed by atoms with Gasteiger partial charge in [0.05, 0.1) is 54.2 Å². The summed E-state index contributed by atoms with van der Waals surface area (Å²) in [5.41, 5.74) is 14.3. The van der Waals surface area contributed by atoms with Gasteiger partial charge in [0, 0.05) is 29.6 Å². The maximum atomic E-state index is 13.9. The number of carbonyl (C=O) groups excluding carboxylic acids is 3. The number of aromatic amines is 2. The number of amides is 3. The van der Waals surface area contributed by atoms with Gasteiger partial charge in [-0.15, -0.1) is 0 Å². The second-order valence-corrected chi connectivity index (χ2v) is 15.6. The summed E-state index contributed by atoms with van der Waals surface area (Å²) in [5.74, 6) is 1.17. The molecule has 3 amide bonds. The molecule has 5 N–H and O–H groups in total. The van der Waals surface area contributed by atoms with E-state index in [0.717, 1.165) is 88.2 Å². The molecule has 2 saturated heterocycles. The predicted molar refractivity (Wildman–Crippen MR) is 232 cm³/mol. The van der Waals surface area contributed by atoms with Crippen molar-refractivity contribution in [3.05, 3.63) is 150 Å². The molecule has 2 aliphatic heterocycles. The van der Waals surface area contributed by atoms with Crippen molar-refractivity contribution < 1.29 is 19.1 Å². The lowest BCUT2D eigenvalue weighted by Gasteiger charge is -2.36. The number of H-pyrrole nitrogens is 2. The average Bonchev–Trinajstić information content (AvgIpc) is 4.13. The van der Waals surface area contributed by atoms with Crippen LogP contribution in [0.3, 0.4) is 0 Å². The second-order valence-electron chi connectivity index (χ2n) is 15.6. The molecule has 0 radical (unpaired) electrons. The number of pyridine rings is 1. The molecule has 0 spiro atoms. The first-order chi connectivity index (χ1) is 29.8. The number of nitrogens with two attached hydrogens (primary N) is 1. The Balaban J connectivity index is 0.879. The summed E-state index contributed by atoms with van der Waals surface area (Å²) in [6.07, 6.45) is 7.32. The Morgan fingerprint density at radius 3 is 1.97 bits per heavy atom. The molecule has 13 nitrogen and oxygen atoms in total. The maximum Gasteiger partial charge on any atom is 0.407 e. The van der Waals surface area contributed by atoms with Crippen molar-refractivity contribution in [2.75, 3.05) is 20.2 Å². The van der Waals surface area contributed by atoms with Crippen molar-refractivity contribution >= 4 is 28.8 Å². The molecule has 13 heteroatoms. The van der Waals surface area contributed by atoms with Gasteiger partial charge in [0.1, 0.15) is 23.7 Å². The van der Waals surface area contributed by atoms with E-state index in [9.17, 15) is 14.4 Å². The summed E-state index contributed by atoms with van der Waals surface area (Å²) in [7, 11) is 1.28. The van der Waals surface area contributed by atoms with E-state index in [2.05, 4.69) is 51.7 Å². The van der Waals surface area contributed by atoms with Crippen molar-refractivity contribution in [1.29, 1.82) is 0 Å². The largest absolute Gasteiger partial charge is 0.453 e. The molecule has 308 valence electrons. The Kier molecular flexibility index (Phi) is 11.1. The minimum atomic E-state index is -0.882. The number of likely N-dealkylation sites (tertiary alicyclic amines) is 2. The van der Waals surface area contributed by atoms with Crippen LogP contribution in [0.15, 0.2) is 128 Å². The van der Waals surface area contributed by atoms with Crippen LogP contribution in [0.25, 0.3) is 44.7 Å². The van der Waals surface area contributed by atoms with Gasteiger partial charge in [-0.1, -0.05) is 97.1 Å². The van der Waals surface area contributed by atoms with Crippen molar-refractivity contribution in [2.24, 2.45) is 5.73 Å². The summed E-state index contributed by atoms with van der Waals surface area (Å²) < 4.78 is 4.84. The normalized spacial score (nSPS) is 17.5. The van der Waals surface area contributed by atoms with Crippen molar-refractivity contribution in [3.8, 4) is 33.8 Å². The third kappa shape index (κ3) is 8.12. The van der Waals surface area contributed by atoms with E-state index in [-0.39, 0.29) is 23.9 Å². The van der Waals surface area contributed by atoms with E-state index in [1.165, 1.54) is 7.11 Å². The zero-order valence-electron chi connectivity index (χ0n) is 33.8. The lowest BCUT2D eigenvalue weighted by atomic mass is 9.98. The lowest BCUT2D eigenvalue weighted by molar-refractivity contribution is -0.137. The fraction of sp³-hybridized carbons (Fsp3) is 0.250. The maximum absolute atomic E-state index is 13.9. The molecule has 4 atom stereocenters. The third-order valence-electron chi connectivity index (χ3n) is 11.9. The first-order valence-electron chi connectivity index (χ1n) is 20.8. The number of benzene rings is 4. The highest BCUT2D eigenvalue weighted by molar-refractivity contribution is 5.88. The van der Waals surface area contributed by atoms with Crippen molar-refractivity contribution in [2.45, 2.75) is 56.3 Å². The van der Waals surface area contributed by atoms with Crippen molar-refractivity contribution in [1.82, 2.24) is 40.0 Å². The third-order valence-corrected chi connectivity index (χ3v) is 11.9. The summed E-state index contributed by atoms with van der Waals surface area (Å²) in [6, 6.07) is 35.1. The van der Waals surface area contributed by atoms with Crippen LogP contribution < -0.4 is 11.1 Å². The number of methoxy groups -OCH3 is 1. The number of nitrogens with zero attached hydrogens (tertiary/aromatic N) is 5. The first-order valence-corrected chi connectivity index (χ1v) is 20.8. The van der Waals surface area contributed by atoms with Gasteiger partial charge in [-0.2, -0.15) is 0 Å². The highest BCUT2D eigenvalue weighted by Gasteiger charge is 2.37. The molecular formula is C48H47N9O4. The number of alkyl carbamates (subject to hydrolysis) is 1. The molecule has 7 aromatic rings. The molecular weight excluding hydrogens is 767 g/mol. The summed E-state index contributed by atoms with van der Waals surface area (Å²) in [6.45, 7) is 1.20. The smallest absolute Gasteiger partial charge is 0.407 e. The minimum Gasteiger partial charge on any atom is -0.453 e. The van der Waals surface area contributed by atoms with Gasteiger partial charge in [0.2, 0.25) is 5.91 Å². The van der Waals surface area contributed by atoms with Crippen LogP contribution >= 0.6 is 0 Å². The zero-order chi connectivity index (χ0) is 41.9. The van der Waals surface area contributed by atoms with Gasteiger partial charge in [0.15, 0.2) is 0 Å². The molecule has 3 aromatic heterocycles. The van der Waals surface area contributed by atoms with E-state index >= 15 is 0 Å². The molecule has 5 heterocycles. The fourth-order valence-electron chi connectivity index (χ4n) is 8.63. The van der Waals surface area contributed by atoms with E-state index in [1.807, 2.05) is 90.0 Å². The topological polar surface area (TPSA) is 175 Å². The first kappa shape index (κ1) is 39.3. The van der Waals surface area contributed by atoms with Crippen LogP contribution in [0.2, 0.25) is 0 Å². The van der Waals surface area contributed by atoms with E-state index < -0.39 is 18.2 Å². The van der Waals surface area contributed by atoms with Gasteiger partial charge in [-0.25, -0.2) is 19.7 Å². The number of nitrogens with one attached hydrogen (secondary N) is 3. The van der Waals surface area contributed by atoms with Gasteiger partial charge in [-0.3, -0.25) is 9.59 Å². The van der Waals surface area contributed by atoms with Gasteiger partial charge < -0.3 is 35.6 Å². The predicted octanol–water partition coefficient (Wildman–Crippen LogP) is 8.20.